The van der Waals surface area contributed by atoms with Gasteiger partial charge in [-0.2, -0.15) is 0 Å². The third-order valence-corrected chi connectivity index (χ3v) is 6.08. The van der Waals surface area contributed by atoms with Gasteiger partial charge >= 0.3 is 5.97 Å². The van der Waals surface area contributed by atoms with E-state index in [-0.39, 0.29) is 34.2 Å². The van der Waals surface area contributed by atoms with Crippen LogP contribution in [-0.2, 0) is 29.9 Å². The molecule has 2 N–H and O–H groups in total. The van der Waals surface area contributed by atoms with Crippen molar-refractivity contribution in [3.63, 3.8) is 0 Å². The highest BCUT2D eigenvalue weighted by Gasteiger charge is 2.27. The minimum atomic E-state index is -1.15. The van der Waals surface area contributed by atoms with Crippen molar-refractivity contribution in [1.82, 2.24) is 15.0 Å². The molecule has 9 heteroatoms. The first kappa shape index (κ1) is 24.5. The highest BCUT2D eigenvalue weighted by Crippen LogP contribution is 2.38. The van der Waals surface area contributed by atoms with Crippen molar-refractivity contribution in [2.24, 2.45) is 0 Å². The molecular formula is C23H27Cl2N3O4. The van der Waals surface area contributed by atoms with Crippen LogP contribution in [0.1, 0.15) is 59.8 Å². The number of rotatable bonds is 8. The Bertz CT molecular complexity index is 1150. The Hall–Kier alpha value is -2.19. The summed E-state index contributed by atoms with van der Waals surface area (Å²) in [6.45, 7) is 9.17. The normalized spacial score (nSPS) is 12.0. The van der Waals surface area contributed by atoms with Crippen molar-refractivity contribution in [1.29, 1.82) is 0 Å². The molecule has 0 saturated carbocycles. The van der Waals surface area contributed by atoms with Crippen LogP contribution in [0.15, 0.2) is 18.2 Å². The van der Waals surface area contributed by atoms with Crippen LogP contribution in [-0.4, -0.2) is 37.8 Å². The van der Waals surface area contributed by atoms with Gasteiger partial charge in [-0.1, -0.05) is 55.3 Å². The second-order valence-electron chi connectivity index (χ2n) is 8.73. The Morgan fingerprint density at radius 2 is 1.94 bits per heavy atom. The average molecular weight is 480 g/mol. The first-order chi connectivity index (χ1) is 15.1. The van der Waals surface area contributed by atoms with Crippen LogP contribution >= 0.6 is 23.2 Å². The van der Waals surface area contributed by atoms with Gasteiger partial charge in [-0.05, 0) is 53.1 Å². The minimum absolute atomic E-state index is 0.0273. The highest BCUT2D eigenvalue weighted by molar-refractivity contribution is 6.40. The van der Waals surface area contributed by atoms with Crippen LogP contribution in [0.2, 0.25) is 10.0 Å². The fourth-order valence-corrected chi connectivity index (χ4v) is 4.78. The Morgan fingerprint density at radius 3 is 2.56 bits per heavy atom. The number of carbonyl (C=O) groups is 1. The monoisotopic (exact) mass is 479 g/mol. The molecule has 0 aliphatic rings. The predicted molar refractivity (Wildman–Crippen MR) is 125 cm³/mol. The SMILES string of the molecule is Cc1c(CO)ccc2c1nnn2CCCOCc1cc(Cl)c(C(=O)O)c(Cl)c1C(C)(C)C. The summed E-state index contributed by atoms with van der Waals surface area (Å²) in [6, 6.07) is 5.43. The summed E-state index contributed by atoms with van der Waals surface area (Å²) in [5.41, 5.74) is 4.51. The van der Waals surface area contributed by atoms with Crippen LogP contribution in [0, 0.1) is 6.92 Å². The number of aliphatic hydroxyl groups is 1. The van der Waals surface area contributed by atoms with Gasteiger partial charge in [0.15, 0.2) is 0 Å². The van der Waals surface area contributed by atoms with E-state index in [9.17, 15) is 15.0 Å². The molecule has 32 heavy (non-hydrogen) atoms. The van der Waals surface area contributed by atoms with Gasteiger partial charge in [-0.25, -0.2) is 9.48 Å². The van der Waals surface area contributed by atoms with Crippen LogP contribution in [0.25, 0.3) is 11.0 Å². The summed E-state index contributed by atoms with van der Waals surface area (Å²) in [4.78, 5) is 11.6. The Kier molecular flexibility index (Phi) is 7.45. The van der Waals surface area contributed by atoms with Crippen LogP contribution in [0.4, 0.5) is 0 Å². The first-order valence-electron chi connectivity index (χ1n) is 10.3. The van der Waals surface area contributed by atoms with Gasteiger partial charge in [0.25, 0.3) is 0 Å². The molecule has 0 unspecified atom stereocenters. The summed E-state index contributed by atoms with van der Waals surface area (Å²) in [6.07, 6.45) is 0.707. The second-order valence-corrected chi connectivity index (χ2v) is 9.52. The number of aromatic nitrogens is 3. The molecule has 0 saturated heterocycles. The zero-order valence-corrected chi connectivity index (χ0v) is 20.1. The molecule has 3 rings (SSSR count). The number of hydrogen-bond acceptors (Lipinski definition) is 5. The number of halogens is 2. The Labute approximate surface area is 196 Å². The molecule has 0 fully saturated rings. The molecule has 7 nitrogen and oxygen atoms in total. The molecule has 0 aliphatic heterocycles. The molecule has 0 radical (unpaired) electrons. The number of carboxylic acid groups (broad SMARTS) is 1. The van der Waals surface area contributed by atoms with Crippen molar-refractivity contribution in [3.8, 4) is 0 Å². The van der Waals surface area contributed by atoms with Gasteiger partial charge < -0.3 is 14.9 Å². The maximum absolute atomic E-state index is 11.6. The largest absolute Gasteiger partial charge is 0.478 e. The van der Waals surface area contributed by atoms with Crippen molar-refractivity contribution in [2.45, 2.75) is 59.3 Å². The summed E-state index contributed by atoms with van der Waals surface area (Å²) in [5, 5.41) is 27.6. The third kappa shape index (κ3) is 4.91. The van der Waals surface area contributed by atoms with Crippen molar-refractivity contribution < 1.29 is 19.7 Å². The lowest BCUT2D eigenvalue weighted by Gasteiger charge is -2.26. The molecule has 1 heterocycles. The number of aromatic carboxylic acids is 1. The number of fused-ring (bicyclic) bond motifs is 1. The summed E-state index contributed by atoms with van der Waals surface area (Å²) in [5.74, 6) is -1.15. The van der Waals surface area contributed by atoms with E-state index in [0.717, 1.165) is 33.3 Å². The Balaban J connectivity index is 1.68. The number of aryl methyl sites for hydroxylation is 2. The highest BCUT2D eigenvalue weighted by atomic mass is 35.5. The average Bonchev–Trinajstić information content (AvgIpc) is 3.10. The molecule has 0 spiro atoms. The van der Waals surface area contributed by atoms with E-state index in [2.05, 4.69) is 10.3 Å². The number of nitrogens with zero attached hydrogens (tertiary/aromatic N) is 3. The van der Waals surface area contributed by atoms with E-state index < -0.39 is 5.97 Å². The molecule has 1 aromatic heterocycles. The van der Waals surface area contributed by atoms with Crippen molar-refractivity contribution in [2.75, 3.05) is 6.61 Å². The number of hydrogen-bond donors (Lipinski definition) is 2. The third-order valence-electron chi connectivity index (χ3n) is 5.40. The van der Waals surface area contributed by atoms with Crippen molar-refractivity contribution in [3.05, 3.63) is 56.1 Å². The van der Waals surface area contributed by atoms with Gasteiger partial charge in [0.1, 0.15) is 5.52 Å². The quantitative estimate of drug-likeness (QED) is 0.434. The van der Waals surface area contributed by atoms with E-state index in [1.54, 1.807) is 6.07 Å². The minimum Gasteiger partial charge on any atom is -0.478 e. The topological polar surface area (TPSA) is 97.5 Å². The van der Waals surface area contributed by atoms with Gasteiger partial charge in [-0.3, -0.25) is 0 Å². The lowest BCUT2D eigenvalue weighted by Crippen LogP contribution is -2.18. The molecule has 0 atom stereocenters. The van der Waals surface area contributed by atoms with Crippen molar-refractivity contribution >= 4 is 40.2 Å². The fourth-order valence-electron chi connectivity index (χ4n) is 3.83. The fraction of sp³-hybridized carbons (Fsp3) is 0.435. The standard InChI is InChI=1S/C23H27Cl2N3O4/c1-13-14(11-29)6-7-17-21(13)26-27-28(17)8-5-9-32-12-15-10-16(24)18(22(30)31)20(25)19(15)23(2,3)4/h6-7,10,29H,5,8-9,11-12H2,1-4H3,(H,30,31). The van der Waals surface area contributed by atoms with Gasteiger partial charge in [0, 0.05) is 13.2 Å². The molecule has 0 amide bonds. The van der Waals surface area contributed by atoms with Crippen LogP contribution < -0.4 is 0 Å². The van der Waals surface area contributed by atoms with Crippen LogP contribution in [0.3, 0.4) is 0 Å². The maximum atomic E-state index is 11.6. The first-order valence-corrected chi connectivity index (χ1v) is 11.1. The lowest BCUT2D eigenvalue weighted by molar-refractivity contribution is 0.0696. The van der Waals surface area contributed by atoms with Gasteiger partial charge in [-0.15, -0.1) is 5.10 Å². The zero-order chi connectivity index (χ0) is 23.6. The van der Waals surface area contributed by atoms with Crippen LogP contribution in [0.5, 0.6) is 0 Å². The Morgan fingerprint density at radius 1 is 1.22 bits per heavy atom. The number of ether oxygens (including phenoxy) is 1. The molecular weight excluding hydrogens is 453 g/mol. The molecule has 0 aliphatic carbocycles. The molecule has 2 aromatic carbocycles. The molecule has 0 bridgehead atoms. The summed E-state index contributed by atoms with van der Waals surface area (Å²) < 4.78 is 7.70. The number of aliphatic hydroxyl groups excluding tert-OH is 1. The maximum Gasteiger partial charge on any atom is 0.338 e. The second kappa shape index (κ2) is 9.75. The smallest absolute Gasteiger partial charge is 0.338 e. The summed E-state index contributed by atoms with van der Waals surface area (Å²) >= 11 is 12.6. The van der Waals surface area contributed by atoms with E-state index >= 15 is 0 Å². The van der Waals surface area contributed by atoms with E-state index in [1.165, 1.54) is 0 Å². The lowest BCUT2D eigenvalue weighted by atomic mass is 9.82. The van der Waals surface area contributed by atoms with E-state index in [1.807, 2.05) is 44.5 Å². The van der Waals surface area contributed by atoms with E-state index in [4.69, 9.17) is 27.9 Å². The van der Waals surface area contributed by atoms with Gasteiger partial charge in [0.05, 0.1) is 34.3 Å². The molecule has 3 aromatic rings. The predicted octanol–water partition coefficient (Wildman–Crippen LogP) is 5.14. The summed E-state index contributed by atoms with van der Waals surface area (Å²) in [7, 11) is 0. The van der Waals surface area contributed by atoms with Gasteiger partial charge in [0.2, 0.25) is 0 Å². The zero-order valence-electron chi connectivity index (χ0n) is 18.6. The van der Waals surface area contributed by atoms with E-state index in [0.29, 0.717) is 19.6 Å². The molecule has 172 valence electrons. The number of carboxylic acids is 1. The number of benzene rings is 2.